The van der Waals surface area contributed by atoms with Crippen LogP contribution in [0, 0.1) is 6.92 Å². The van der Waals surface area contributed by atoms with Crippen molar-refractivity contribution < 1.29 is 23.8 Å². The normalized spacial score (nSPS) is 18.2. The van der Waals surface area contributed by atoms with Crippen LogP contribution in [0.3, 0.4) is 0 Å². The summed E-state index contributed by atoms with van der Waals surface area (Å²) in [6.45, 7) is 5.88. The lowest BCUT2D eigenvalue weighted by atomic mass is 9.98. The van der Waals surface area contributed by atoms with E-state index < -0.39 is 17.7 Å². The molecule has 6 nitrogen and oxygen atoms in total. The van der Waals surface area contributed by atoms with Crippen LogP contribution in [-0.4, -0.2) is 27.8 Å². The third-order valence-electron chi connectivity index (χ3n) is 5.08. The lowest BCUT2D eigenvalue weighted by molar-refractivity contribution is -0.140. The summed E-state index contributed by atoms with van der Waals surface area (Å²) in [5.74, 6) is -0.448. The second-order valence-corrected chi connectivity index (χ2v) is 8.62. The molecule has 1 N–H and O–H groups in total. The average Bonchev–Trinajstić information content (AvgIpc) is 3.45. The molecule has 1 aliphatic rings. The van der Waals surface area contributed by atoms with Gasteiger partial charge in [0.2, 0.25) is 0 Å². The Bertz CT molecular complexity index is 1140. The highest BCUT2D eigenvalue weighted by molar-refractivity contribution is 7.10. The summed E-state index contributed by atoms with van der Waals surface area (Å²) in [5, 5.41) is 13.1. The Labute approximate surface area is 184 Å². The number of hydrogen-bond donors (Lipinski definition) is 1. The van der Waals surface area contributed by atoms with E-state index in [0.717, 1.165) is 10.4 Å². The molecule has 1 amide bonds. The first-order valence-corrected chi connectivity index (χ1v) is 10.9. The first-order chi connectivity index (χ1) is 14.9. The molecule has 1 fully saturated rings. The summed E-state index contributed by atoms with van der Waals surface area (Å²) in [6, 6.07) is 11.6. The smallest absolute Gasteiger partial charge is 0.296 e. The minimum atomic E-state index is -0.711. The van der Waals surface area contributed by atoms with Gasteiger partial charge in [0.15, 0.2) is 0 Å². The van der Waals surface area contributed by atoms with E-state index in [9.17, 15) is 14.7 Å². The molecule has 3 aromatic rings. The van der Waals surface area contributed by atoms with Crippen LogP contribution in [0.1, 0.15) is 41.7 Å². The summed E-state index contributed by atoms with van der Waals surface area (Å²) in [4.78, 5) is 28.3. The van der Waals surface area contributed by atoms with Gasteiger partial charge in [0.1, 0.15) is 23.3 Å². The van der Waals surface area contributed by atoms with E-state index in [1.807, 2.05) is 32.2 Å². The fraction of sp³-hybridized carbons (Fsp3) is 0.250. The van der Waals surface area contributed by atoms with E-state index in [4.69, 9.17) is 9.15 Å². The maximum absolute atomic E-state index is 13.1. The first-order valence-electron chi connectivity index (χ1n) is 9.98. The molecule has 0 saturated carbocycles. The van der Waals surface area contributed by atoms with E-state index >= 15 is 0 Å². The zero-order valence-electron chi connectivity index (χ0n) is 17.5. The largest absolute Gasteiger partial charge is 0.507 e. The van der Waals surface area contributed by atoms with Gasteiger partial charge in [0, 0.05) is 10.4 Å². The number of thiophene rings is 1. The van der Waals surface area contributed by atoms with Crippen LogP contribution in [0.4, 0.5) is 0 Å². The molecule has 1 aliphatic heterocycles. The topological polar surface area (TPSA) is 80.0 Å². The Kier molecular flexibility index (Phi) is 5.69. The maximum Gasteiger partial charge on any atom is 0.296 e. The van der Waals surface area contributed by atoms with Gasteiger partial charge in [-0.15, -0.1) is 11.3 Å². The van der Waals surface area contributed by atoms with Crippen LogP contribution in [0.25, 0.3) is 5.76 Å². The highest BCUT2D eigenvalue weighted by Crippen LogP contribution is 2.43. The molecule has 1 unspecified atom stereocenters. The molecule has 3 heterocycles. The summed E-state index contributed by atoms with van der Waals surface area (Å²) in [6.07, 6.45) is 1.49. The standard InChI is InChI=1S/C24H23NO5S/c1-14(2)30-17-7-4-6-16(12-17)21(26)19-20(23-15(3)9-11-31-23)25(24(28)22(19)27)13-18-8-5-10-29-18/h4-12,14,20,26H,13H2,1-3H3/b21-19-. The first kappa shape index (κ1) is 20.9. The van der Waals surface area contributed by atoms with Gasteiger partial charge in [0.25, 0.3) is 11.7 Å². The maximum atomic E-state index is 13.1. The number of benzene rings is 1. The van der Waals surface area contributed by atoms with Crippen LogP contribution in [-0.2, 0) is 16.1 Å². The Morgan fingerprint density at radius 3 is 2.68 bits per heavy atom. The van der Waals surface area contributed by atoms with E-state index in [-0.39, 0.29) is 24.0 Å². The molecule has 1 aromatic carbocycles. The molecular formula is C24H23NO5S. The van der Waals surface area contributed by atoms with Crippen molar-refractivity contribution in [3.05, 3.63) is 81.4 Å². The molecule has 7 heteroatoms. The fourth-order valence-corrected chi connectivity index (χ4v) is 4.74. The van der Waals surface area contributed by atoms with Crippen LogP contribution in [0.15, 0.2) is 64.1 Å². The molecule has 160 valence electrons. The molecule has 0 bridgehead atoms. The van der Waals surface area contributed by atoms with E-state index in [1.54, 1.807) is 36.4 Å². The minimum absolute atomic E-state index is 0.0370. The highest BCUT2D eigenvalue weighted by atomic mass is 32.1. The van der Waals surface area contributed by atoms with Crippen molar-refractivity contribution in [1.82, 2.24) is 4.90 Å². The summed E-state index contributed by atoms with van der Waals surface area (Å²) in [7, 11) is 0. The molecular weight excluding hydrogens is 414 g/mol. The van der Waals surface area contributed by atoms with E-state index in [0.29, 0.717) is 17.1 Å². The molecule has 2 aromatic heterocycles. The van der Waals surface area contributed by atoms with Gasteiger partial charge in [-0.1, -0.05) is 12.1 Å². The second-order valence-electron chi connectivity index (χ2n) is 7.67. The van der Waals surface area contributed by atoms with Crippen molar-refractivity contribution in [3.63, 3.8) is 0 Å². The summed E-state index contributed by atoms with van der Waals surface area (Å²) in [5.41, 5.74) is 1.45. The lowest BCUT2D eigenvalue weighted by Gasteiger charge is -2.24. The van der Waals surface area contributed by atoms with E-state index in [1.165, 1.54) is 22.5 Å². The predicted molar refractivity (Wildman–Crippen MR) is 118 cm³/mol. The fourth-order valence-electron chi connectivity index (χ4n) is 3.70. The molecule has 1 atom stereocenters. The lowest BCUT2D eigenvalue weighted by Crippen LogP contribution is -2.28. The zero-order valence-corrected chi connectivity index (χ0v) is 18.3. The molecule has 4 rings (SSSR count). The quantitative estimate of drug-likeness (QED) is 0.331. The number of carbonyl (C=O) groups excluding carboxylic acids is 2. The monoisotopic (exact) mass is 437 g/mol. The molecule has 1 saturated heterocycles. The number of hydrogen-bond acceptors (Lipinski definition) is 6. The third kappa shape index (κ3) is 4.01. The van der Waals surface area contributed by atoms with Crippen LogP contribution in [0.5, 0.6) is 5.75 Å². The molecule has 0 spiro atoms. The van der Waals surface area contributed by atoms with Crippen molar-refractivity contribution in [2.24, 2.45) is 0 Å². The SMILES string of the molecule is Cc1ccsc1C1/C(=C(/O)c2cccc(OC(C)C)c2)C(=O)C(=O)N1Cc1ccco1. The highest BCUT2D eigenvalue weighted by Gasteiger charge is 2.47. The zero-order chi connectivity index (χ0) is 22.1. The number of ketones is 1. The predicted octanol–water partition coefficient (Wildman–Crippen LogP) is 5.06. The van der Waals surface area contributed by atoms with Gasteiger partial charge >= 0.3 is 0 Å². The minimum Gasteiger partial charge on any atom is -0.507 e. The van der Waals surface area contributed by atoms with Crippen molar-refractivity contribution in [1.29, 1.82) is 0 Å². The van der Waals surface area contributed by atoms with E-state index in [2.05, 4.69) is 0 Å². The van der Waals surface area contributed by atoms with Gasteiger partial charge in [0.05, 0.1) is 24.5 Å². The van der Waals surface area contributed by atoms with Gasteiger partial charge in [-0.25, -0.2) is 0 Å². The number of furan rings is 1. The van der Waals surface area contributed by atoms with Crippen molar-refractivity contribution in [2.75, 3.05) is 0 Å². The van der Waals surface area contributed by atoms with Crippen molar-refractivity contribution in [2.45, 2.75) is 39.5 Å². The Morgan fingerprint density at radius 1 is 1.23 bits per heavy atom. The number of rotatable bonds is 6. The summed E-state index contributed by atoms with van der Waals surface area (Å²) >= 11 is 1.45. The number of ether oxygens (including phenoxy) is 1. The Balaban J connectivity index is 1.83. The van der Waals surface area contributed by atoms with Gasteiger partial charge in [-0.05, 0) is 62.0 Å². The number of Topliss-reactive ketones (excluding diaryl/α,β-unsaturated/α-hetero) is 1. The number of aliphatic hydroxyl groups excluding tert-OH is 1. The number of aryl methyl sites for hydroxylation is 1. The van der Waals surface area contributed by atoms with Crippen LogP contribution >= 0.6 is 11.3 Å². The van der Waals surface area contributed by atoms with Crippen LogP contribution in [0.2, 0.25) is 0 Å². The Hall–Kier alpha value is -3.32. The molecule has 0 radical (unpaired) electrons. The van der Waals surface area contributed by atoms with Crippen molar-refractivity contribution >= 4 is 28.8 Å². The number of amides is 1. The number of aliphatic hydroxyl groups is 1. The van der Waals surface area contributed by atoms with Gasteiger partial charge < -0.3 is 19.2 Å². The van der Waals surface area contributed by atoms with Crippen LogP contribution < -0.4 is 4.74 Å². The van der Waals surface area contributed by atoms with Gasteiger partial charge in [-0.3, -0.25) is 9.59 Å². The summed E-state index contributed by atoms with van der Waals surface area (Å²) < 4.78 is 11.1. The third-order valence-corrected chi connectivity index (χ3v) is 6.15. The average molecular weight is 438 g/mol. The molecule has 31 heavy (non-hydrogen) atoms. The Morgan fingerprint density at radius 2 is 2.03 bits per heavy atom. The second kappa shape index (κ2) is 8.43. The number of likely N-dealkylation sites (tertiary alicyclic amines) is 1. The van der Waals surface area contributed by atoms with Crippen molar-refractivity contribution in [3.8, 4) is 5.75 Å². The number of nitrogens with zero attached hydrogens (tertiary/aromatic N) is 1. The molecule has 0 aliphatic carbocycles. The number of carbonyl (C=O) groups is 2. The van der Waals surface area contributed by atoms with Gasteiger partial charge in [-0.2, -0.15) is 0 Å².